The SMILES string of the molecule is COc1cc(/C=C(/C#N)C(=O)Nc2c(C)cccc2C)cc(Br)c1OCc1ccc(C)cc1. The van der Waals surface area contributed by atoms with E-state index in [9.17, 15) is 10.1 Å². The van der Waals surface area contributed by atoms with Crippen LogP contribution in [0.2, 0.25) is 0 Å². The highest BCUT2D eigenvalue weighted by molar-refractivity contribution is 9.10. The monoisotopic (exact) mass is 504 g/mol. The number of hydrogen-bond acceptors (Lipinski definition) is 4. The van der Waals surface area contributed by atoms with Gasteiger partial charge in [-0.25, -0.2) is 0 Å². The van der Waals surface area contributed by atoms with Crippen LogP contribution in [0.25, 0.3) is 6.08 Å². The fourth-order valence-corrected chi connectivity index (χ4v) is 3.88. The lowest BCUT2D eigenvalue weighted by Gasteiger charge is -2.14. The summed E-state index contributed by atoms with van der Waals surface area (Å²) >= 11 is 3.53. The van der Waals surface area contributed by atoms with Gasteiger partial charge in [0.05, 0.1) is 11.6 Å². The van der Waals surface area contributed by atoms with Crippen molar-refractivity contribution in [3.05, 3.63) is 92.5 Å². The average molecular weight is 505 g/mol. The molecule has 0 unspecified atom stereocenters. The van der Waals surface area contributed by atoms with Crippen LogP contribution < -0.4 is 14.8 Å². The third kappa shape index (κ3) is 6.03. The number of anilines is 1. The summed E-state index contributed by atoms with van der Waals surface area (Å²) in [6, 6.07) is 19.4. The van der Waals surface area contributed by atoms with Crippen molar-refractivity contribution in [3.63, 3.8) is 0 Å². The third-order valence-corrected chi connectivity index (χ3v) is 5.74. The number of para-hydroxylation sites is 1. The van der Waals surface area contributed by atoms with E-state index in [2.05, 4.69) is 21.2 Å². The van der Waals surface area contributed by atoms with E-state index in [4.69, 9.17) is 9.47 Å². The lowest BCUT2D eigenvalue weighted by molar-refractivity contribution is -0.112. The maximum Gasteiger partial charge on any atom is 0.266 e. The quantitative estimate of drug-likeness (QED) is 0.294. The Bertz CT molecular complexity index is 1220. The molecule has 168 valence electrons. The summed E-state index contributed by atoms with van der Waals surface area (Å²) < 4.78 is 12.2. The van der Waals surface area contributed by atoms with Gasteiger partial charge in [0.25, 0.3) is 5.91 Å². The van der Waals surface area contributed by atoms with E-state index in [0.29, 0.717) is 33.8 Å². The molecular formula is C27H25BrN2O3. The first-order valence-corrected chi connectivity index (χ1v) is 11.2. The lowest BCUT2D eigenvalue weighted by atomic mass is 10.1. The van der Waals surface area contributed by atoms with Gasteiger partial charge in [-0.3, -0.25) is 4.79 Å². The van der Waals surface area contributed by atoms with E-state index in [1.165, 1.54) is 11.6 Å². The molecule has 0 fully saturated rings. The Hall–Kier alpha value is -3.56. The Morgan fingerprint density at radius 2 is 1.76 bits per heavy atom. The number of rotatable bonds is 7. The second kappa shape index (κ2) is 10.8. The molecule has 0 atom stereocenters. The van der Waals surface area contributed by atoms with Crippen LogP contribution >= 0.6 is 15.9 Å². The molecule has 0 saturated carbocycles. The Labute approximate surface area is 202 Å². The normalized spacial score (nSPS) is 11.0. The number of carbonyl (C=O) groups excluding carboxylic acids is 1. The largest absolute Gasteiger partial charge is 0.493 e. The fourth-order valence-electron chi connectivity index (χ4n) is 3.31. The standard InChI is InChI=1S/C27H25BrN2O3/c1-17-8-10-20(11-9-17)16-33-26-23(28)13-21(14-24(26)32-4)12-22(15-29)27(31)30-25-18(2)6-5-7-19(25)3/h5-14H,16H2,1-4H3,(H,30,31)/b22-12-. The van der Waals surface area contributed by atoms with Gasteiger partial charge in [-0.1, -0.05) is 48.0 Å². The molecule has 1 amide bonds. The van der Waals surface area contributed by atoms with Crippen LogP contribution in [0.3, 0.4) is 0 Å². The predicted molar refractivity (Wildman–Crippen MR) is 134 cm³/mol. The lowest BCUT2D eigenvalue weighted by Crippen LogP contribution is -2.15. The Kier molecular flexibility index (Phi) is 7.92. The molecule has 0 aromatic heterocycles. The number of nitrogens with one attached hydrogen (secondary N) is 1. The van der Waals surface area contributed by atoms with Gasteiger partial charge in [0.1, 0.15) is 18.2 Å². The van der Waals surface area contributed by atoms with Crippen LogP contribution in [-0.2, 0) is 11.4 Å². The van der Waals surface area contributed by atoms with Gasteiger partial charge in [-0.2, -0.15) is 5.26 Å². The molecule has 5 nitrogen and oxygen atoms in total. The summed E-state index contributed by atoms with van der Waals surface area (Å²) in [7, 11) is 1.55. The van der Waals surface area contributed by atoms with Crippen molar-refractivity contribution in [3.8, 4) is 17.6 Å². The van der Waals surface area contributed by atoms with Crippen LogP contribution in [0.5, 0.6) is 11.5 Å². The van der Waals surface area contributed by atoms with Crippen LogP contribution in [-0.4, -0.2) is 13.0 Å². The minimum absolute atomic E-state index is 0.0140. The Morgan fingerprint density at radius 3 is 2.36 bits per heavy atom. The number of methoxy groups -OCH3 is 1. The van der Waals surface area contributed by atoms with Crippen molar-refractivity contribution in [2.75, 3.05) is 12.4 Å². The first-order valence-electron chi connectivity index (χ1n) is 10.4. The number of nitriles is 1. The molecule has 3 rings (SSSR count). The van der Waals surface area contributed by atoms with Gasteiger partial charge in [0, 0.05) is 5.69 Å². The smallest absolute Gasteiger partial charge is 0.266 e. The van der Waals surface area contributed by atoms with E-state index in [1.807, 2.05) is 69.3 Å². The van der Waals surface area contributed by atoms with Gasteiger partial charge in [0.15, 0.2) is 11.5 Å². The second-order valence-corrected chi connectivity index (χ2v) is 8.55. The van der Waals surface area contributed by atoms with Crippen molar-refractivity contribution in [1.82, 2.24) is 0 Å². The summed E-state index contributed by atoms with van der Waals surface area (Å²) in [4.78, 5) is 12.8. The molecule has 0 aliphatic heterocycles. The molecule has 3 aromatic rings. The van der Waals surface area contributed by atoms with Gasteiger partial charge < -0.3 is 14.8 Å². The summed E-state index contributed by atoms with van der Waals surface area (Å²) in [6.45, 7) is 6.24. The molecular weight excluding hydrogens is 480 g/mol. The number of hydrogen-bond donors (Lipinski definition) is 1. The van der Waals surface area contributed by atoms with Crippen LogP contribution in [0.4, 0.5) is 5.69 Å². The maximum atomic E-state index is 12.8. The Morgan fingerprint density at radius 1 is 1.09 bits per heavy atom. The highest BCUT2D eigenvalue weighted by Crippen LogP contribution is 2.38. The molecule has 0 aliphatic carbocycles. The molecule has 0 heterocycles. The van der Waals surface area contributed by atoms with Gasteiger partial charge >= 0.3 is 0 Å². The van der Waals surface area contributed by atoms with E-state index in [-0.39, 0.29) is 5.57 Å². The molecule has 0 aliphatic rings. The zero-order chi connectivity index (χ0) is 24.0. The van der Waals surface area contributed by atoms with Crippen LogP contribution in [0.1, 0.15) is 27.8 Å². The molecule has 3 aromatic carbocycles. The maximum absolute atomic E-state index is 12.8. The molecule has 0 radical (unpaired) electrons. The average Bonchev–Trinajstić information content (AvgIpc) is 2.79. The number of ether oxygens (including phenoxy) is 2. The van der Waals surface area contributed by atoms with Crippen molar-refractivity contribution >= 4 is 33.6 Å². The summed E-state index contributed by atoms with van der Waals surface area (Å²) in [5.41, 5.74) is 5.41. The molecule has 1 N–H and O–H groups in total. The summed E-state index contributed by atoms with van der Waals surface area (Å²) in [5, 5.41) is 12.5. The number of amides is 1. The minimum Gasteiger partial charge on any atom is -0.493 e. The van der Waals surface area contributed by atoms with Gasteiger partial charge in [-0.05, 0) is 77.2 Å². The minimum atomic E-state index is -0.468. The van der Waals surface area contributed by atoms with Crippen LogP contribution in [0.15, 0.2) is 64.6 Å². The van der Waals surface area contributed by atoms with E-state index in [0.717, 1.165) is 16.7 Å². The number of aryl methyl sites for hydroxylation is 3. The third-order valence-electron chi connectivity index (χ3n) is 5.15. The zero-order valence-electron chi connectivity index (χ0n) is 19.0. The van der Waals surface area contributed by atoms with E-state index < -0.39 is 5.91 Å². The van der Waals surface area contributed by atoms with Crippen LogP contribution in [0, 0.1) is 32.1 Å². The molecule has 33 heavy (non-hydrogen) atoms. The number of nitrogens with zero attached hydrogens (tertiary/aromatic N) is 1. The van der Waals surface area contributed by atoms with Gasteiger partial charge in [-0.15, -0.1) is 0 Å². The summed E-state index contributed by atoms with van der Waals surface area (Å²) in [5.74, 6) is 0.577. The molecule has 0 saturated heterocycles. The van der Waals surface area contributed by atoms with Crippen molar-refractivity contribution in [2.45, 2.75) is 27.4 Å². The fraction of sp³-hybridized carbons (Fsp3) is 0.185. The topological polar surface area (TPSA) is 71.3 Å². The second-order valence-electron chi connectivity index (χ2n) is 7.70. The first kappa shape index (κ1) is 24.1. The van der Waals surface area contributed by atoms with Crippen molar-refractivity contribution in [2.24, 2.45) is 0 Å². The Balaban J connectivity index is 1.84. The van der Waals surface area contributed by atoms with Gasteiger partial charge in [0.2, 0.25) is 0 Å². The molecule has 6 heteroatoms. The van der Waals surface area contributed by atoms with Crippen molar-refractivity contribution in [1.29, 1.82) is 5.26 Å². The van der Waals surface area contributed by atoms with E-state index in [1.54, 1.807) is 19.2 Å². The first-order chi connectivity index (χ1) is 15.8. The van der Waals surface area contributed by atoms with E-state index >= 15 is 0 Å². The number of halogens is 1. The number of benzene rings is 3. The predicted octanol–water partition coefficient (Wildman–Crippen LogP) is 6.51. The highest BCUT2D eigenvalue weighted by atomic mass is 79.9. The molecule has 0 bridgehead atoms. The number of carbonyl (C=O) groups is 1. The highest BCUT2D eigenvalue weighted by Gasteiger charge is 2.15. The summed E-state index contributed by atoms with van der Waals surface area (Å²) in [6.07, 6.45) is 1.53. The zero-order valence-corrected chi connectivity index (χ0v) is 20.6. The van der Waals surface area contributed by atoms with Crippen molar-refractivity contribution < 1.29 is 14.3 Å². The molecule has 0 spiro atoms.